The van der Waals surface area contributed by atoms with Crippen LogP contribution in [0.3, 0.4) is 0 Å². The second-order valence-corrected chi connectivity index (χ2v) is 8.08. The molecule has 0 aromatic carbocycles. The van der Waals surface area contributed by atoms with E-state index >= 15 is 0 Å². The minimum absolute atomic E-state index is 0.312. The first-order valence-electron chi connectivity index (χ1n) is 8.02. The third-order valence-electron chi connectivity index (χ3n) is 3.90. The zero-order valence-corrected chi connectivity index (χ0v) is 15.1. The summed E-state index contributed by atoms with van der Waals surface area (Å²) in [6, 6.07) is 4.12. The number of rotatable bonds is 6. The van der Waals surface area contributed by atoms with Gasteiger partial charge in [-0.05, 0) is 31.4 Å². The van der Waals surface area contributed by atoms with E-state index in [0.717, 1.165) is 52.6 Å². The molecule has 0 unspecified atom stereocenters. The minimum atomic E-state index is 0.312. The molecule has 0 spiro atoms. The van der Waals surface area contributed by atoms with Gasteiger partial charge in [0.05, 0.1) is 11.8 Å². The number of ether oxygens (including phenoxy) is 1. The second-order valence-electron chi connectivity index (χ2n) is 5.88. The normalized spacial score (nSPS) is 17.6. The number of hydrogen-bond donors (Lipinski definition) is 1. The third-order valence-corrected chi connectivity index (χ3v) is 5.95. The molecule has 0 radical (unpaired) electrons. The van der Waals surface area contributed by atoms with E-state index in [2.05, 4.69) is 50.3 Å². The third kappa shape index (κ3) is 3.71. The molecule has 1 aliphatic heterocycles. The Bertz CT molecular complexity index is 825. The molecule has 4 rings (SSSR count). The maximum atomic E-state index is 5.60. The standard InChI is InChI=1S/C16H19N5OS2/c1-11-4-5-14-18-12(9-21(14)8-11)10-23-16-20-19-15(24-16)17-7-13-3-2-6-22-13/h4-5,8-9,13H,2-3,6-7,10H2,1H3,(H,17,19)/t13-/m0/s1. The topological polar surface area (TPSA) is 64.3 Å². The van der Waals surface area contributed by atoms with Crippen molar-refractivity contribution in [1.29, 1.82) is 0 Å². The highest BCUT2D eigenvalue weighted by atomic mass is 32.2. The lowest BCUT2D eigenvalue weighted by Gasteiger charge is -2.08. The van der Waals surface area contributed by atoms with E-state index in [0.29, 0.717) is 6.10 Å². The van der Waals surface area contributed by atoms with Crippen LogP contribution >= 0.6 is 23.1 Å². The number of fused-ring (bicyclic) bond motifs is 1. The number of nitrogens with zero attached hydrogens (tertiary/aromatic N) is 4. The molecule has 0 aliphatic carbocycles. The number of aromatic nitrogens is 4. The van der Waals surface area contributed by atoms with Gasteiger partial charge in [-0.2, -0.15) is 0 Å². The van der Waals surface area contributed by atoms with Gasteiger partial charge in [0.15, 0.2) is 4.34 Å². The zero-order valence-electron chi connectivity index (χ0n) is 13.4. The van der Waals surface area contributed by atoms with Crippen molar-refractivity contribution >= 4 is 33.9 Å². The molecule has 3 aromatic heterocycles. The van der Waals surface area contributed by atoms with E-state index in [-0.39, 0.29) is 0 Å². The minimum Gasteiger partial charge on any atom is -0.376 e. The van der Waals surface area contributed by atoms with Crippen LogP contribution in [0.4, 0.5) is 5.13 Å². The molecule has 1 saturated heterocycles. The first-order chi connectivity index (χ1) is 11.8. The van der Waals surface area contributed by atoms with Crippen LogP contribution in [0, 0.1) is 6.92 Å². The quantitative estimate of drug-likeness (QED) is 0.679. The molecule has 1 fully saturated rings. The van der Waals surface area contributed by atoms with Crippen LogP contribution in [0.1, 0.15) is 24.1 Å². The molecule has 0 amide bonds. The molecule has 1 N–H and O–H groups in total. The molecule has 8 heteroatoms. The lowest BCUT2D eigenvalue weighted by molar-refractivity contribution is 0.120. The predicted molar refractivity (Wildman–Crippen MR) is 96.9 cm³/mol. The Hall–Kier alpha value is -1.64. The highest BCUT2D eigenvalue weighted by molar-refractivity contribution is 8.00. The predicted octanol–water partition coefficient (Wildman–Crippen LogP) is 3.38. The van der Waals surface area contributed by atoms with Gasteiger partial charge in [-0.3, -0.25) is 0 Å². The Labute approximate surface area is 148 Å². The van der Waals surface area contributed by atoms with E-state index < -0.39 is 0 Å². The summed E-state index contributed by atoms with van der Waals surface area (Å²) in [6.07, 6.45) is 6.76. The smallest absolute Gasteiger partial charge is 0.206 e. The average molecular weight is 361 g/mol. The van der Waals surface area contributed by atoms with Crippen molar-refractivity contribution in [2.75, 3.05) is 18.5 Å². The summed E-state index contributed by atoms with van der Waals surface area (Å²) in [5.41, 5.74) is 3.26. The van der Waals surface area contributed by atoms with Crippen LogP contribution in [0.2, 0.25) is 0 Å². The van der Waals surface area contributed by atoms with Gasteiger partial charge < -0.3 is 14.5 Å². The van der Waals surface area contributed by atoms with E-state index in [1.165, 1.54) is 5.56 Å². The highest BCUT2D eigenvalue weighted by Gasteiger charge is 2.16. The van der Waals surface area contributed by atoms with Crippen molar-refractivity contribution < 1.29 is 4.74 Å². The molecular formula is C16H19N5OS2. The Morgan fingerprint density at radius 2 is 2.33 bits per heavy atom. The zero-order chi connectivity index (χ0) is 16.4. The molecule has 24 heavy (non-hydrogen) atoms. The van der Waals surface area contributed by atoms with Crippen molar-refractivity contribution in [1.82, 2.24) is 19.6 Å². The maximum absolute atomic E-state index is 5.60. The molecule has 3 aromatic rings. The van der Waals surface area contributed by atoms with E-state index in [4.69, 9.17) is 4.74 Å². The molecule has 4 heterocycles. The monoisotopic (exact) mass is 361 g/mol. The maximum Gasteiger partial charge on any atom is 0.206 e. The second kappa shape index (κ2) is 7.08. The van der Waals surface area contributed by atoms with Crippen molar-refractivity contribution in [3.63, 3.8) is 0 Å². The van der Waals surface area contributed by atoms with E-state index in [9.17, 15) is 0 Å². The van der Waals surface area contributed by atoms with Gasteiger partial charge in [0.1, 0.15) is 5.65 Å². The Morgan fingerprint density at radius 1 is 1.38 bits per heavy atom. The molecule has 0 saturated carbocycles. The molecular weight excluding hydrogens is 342 g/mol. The van der Waals surface area contributed by atoms with Crippen molar-refractivity contribution in [3.8, 4) is 0 Å². The Morgan fingerprint density at radius 3 is 3.21 bits per heavy atom. The van der Waals surface area contributed by atoms with Crippen molar-refractivity contribution in [3.05, 3.63) is 35.8 Å². The van der Waals surface area contributed by atoms with Gasteiger partial charge in [0.2, 0.25) is 5.13 Å². The fraction of sp³-hybridized carbons (Fsp3) is 0.438. The van der Waals surface area contributed by atoms with Gasteiger partial charge >= 0.3 is 0 Å². The molecule has 0 bridgehead atoms. The summed E-state index contributed by atoms with van der Waals surface area (Å²) in [5.74, 6) is 0.793. The van der Waals surface area contributed by atoms with Gasteiger partial charge in [-0.1, -0.05) is 29.2 Å². The lowest BCUT2D eigenvalue weighted by Crippen LogP contribution is -2.18. The number of anilines is 1. The summed E-state index contributed by atoms with van der Waals surface area (Å²) >= 11 is 3.25. The average Bonchev–Trinajstić information content (AvgIpc) is 3.31. The van der Waals surface area contributed by atoms with Crippen LogP contribution in [-0.4, -0.2) is 38.8 Å². The van der Waals surface area contributed by atoms with Crippen LogP contribution in [0.25, 0.3) is 5.65 Å². The highest BCUT2D eigenvalue weighted by Crippen LogP contribution is 2.28. The molecule has 1 atom stereocenters. The SMILES string of the molecule is Cc1ccc2nc(CSc3nnc(NC[C@@H]4CCCO4)s3)cn2c1. The molecule has 1 aliphatic rings. The summed E-state index contributed by atoms with van der Waals surface area (Å²) in [5, 5.41) is 12.6. The summed E-state index contributed by atoms with van der Waals surface area (Å²) in [6.45, 7) is 3.77. The fourth-order valence-corrected chi connectivity index (χ4v) is 4.35. The van der Waals surface area contributed by atoms with Gasteiger partial charge in [-0.25, -0.2) is 4.98 Å². The number of hydrogen-bond acceptors (Lipinski definition) is 7. The summed E-state index contributed by atoms with van der Waals surface area (Å²) in [7, 11) is 0. The van der Waals surface area contributed by atoms with Crippen LogP contribution in [0.15, 0.2) is 28.9 Å². The van der Waals surface area contributed by atoms with Gasteiger partial charge in [0, 0.05) is 31.3 Å². The van der Waals surface area contributed by atoms with Gasteiger partial charge in [0.25, 0.3) is 0 Å². The van der Waals surface area contributed by atoms with Crippen LogP contribution < -0.4 is 5.32 Å². The molecule has 126 valence electrons. The first kappa shape index (κ1) is 15.9. The first-order valence-corrected chi connectivity index (χ1v) is 9.82. The Kier molecular flexibility index (Phi) is 4.68. The summed E-state index contributed by atoms with van der Waals surface area (Å²) in [4.78, 5) is 4.63. The van der Waals surface area contributed by atoms with Gasteiger partial charge in [-0.15, -0.1) is 10.2 Å². The van der Waals surface area contributed by atoms with E-state index in [1.807, 2.05) is 6.07 Å². The van der Waals surface area contributed by atoms with Crippen molar-refractivity contribution in [2.24, 2.45) is 0 Å². The number of thioether (sulfide) groups is 1. The number of aryl methyl sites for hydroxylation is 1. The summed E-state index contributed by atoms with van der Waals surface area (Å²) < 4.78 is 8.63. The van der Waals surface area contributed by atoms with Crippen molar-refractivity contribution in [2.45, 2.75) is 36.0 Å². The number of imidazole rings is 1. The number of nitrogens with one attached hydrogen (secondary N) is 1. The molecule has 6 nitrogen and oxygen atoms in total. The number of pyridine rings is 1. The lowest BCUT2D eigenvalue weighted by atomic mass is 10.2. The largest absolute Gasteiger partial charge is 0.376 e. The van der Waals surface area contributed by atoms with Crippen LogP contribution in [-0.2, 0) is 10.5 Å². The fourth-order valence-electron chi connectivity index (χ4n) is 2.71. The van der Waals surface area contributed by atoms with Crippen LogP contribution in [0.5, 0.6) is 0 Å². The Balaban J connectivity index is 1.33. The van der Waals surface area contributed by atoms with E-state index in [1.54, 1.807) is 23.1 Å².